The monoisotopic (exact) mass is 224 g/mol. The minimum atomic E-state index is 0.259. The molecule has 0 amide bonds. The Morgan fingerprint density at radius 1 is 1.47 bits per heavy atom. The number of ether oxygens (including phenoxy) is 1. The third kappa shape index (κ3) is 1.83. The molecule has 1 heterocycles. The zero-order valence-electron chi connectivity index (χ0n) is 8.12. The van der Waals surface area contributed by atoms with Gasteiger partial charge in [0, 0.05) is 11.1 Å². The van der Waals surface area contributed by atoms with Crippen LogP contribution in [0.4, 0.5) is 0 Å². The zero-order chi connectivity index (χ0) is 10.8. The molecule has 0 saturated carbocycles. The van der Waals surface area contributed by atoms with Crippen LogP contribution in [-0.2, 0) is 11.2 Å². The molecule has 2 rings (SSSR count). The Morgan fingerprint density at radius 2 is 2.27 bits per heavy atom. The lowest BCUT2D eigenvalue weighted by Crippen LogP contribution is -1.82. The van der Waals surface area contributed by atoms with Gasteiger partial charge in [0.25, 0.3) is 0 Å². The van der Waals surface area contributed by atoms with Crippen LogP contribution < -0.4 is 4.74 Å². The number of rotatable bonds is 3. The molecule has 1 aromatic heterocycles. The van der Waals surface area contributed by atoms with E-state index in [9.17, 15) is 4.79 Å². The van der Waals surface area contributed by atoms with E-state index in [1.54, 1.807) is 25.3 Å². The van der Waals surface area contributed by atoms with Crippen LogP contribution in [0, 0.1) is 0 Å². The molecule has 2 aromatic rings. The summed E-state index contributed by atoms with van der Waals surface area (Å²) in [4.78, 5) is 10.4. The summed E-state index contributed by atoms with van der Waals surface area (Å²) in [7, 11) is 1.57. The number of hydrogen-bond donors (Lipinski definition) is 0. The molecule has 0 aliphatic heterocycles. The van der Waals surface area contributed by atoms with Crippen LogP contribution in [0.5, 0.6) is 5.75 Å². The Balaban J connectivity index is 2.62. The highest BCUT2D eigenvalue weighted by Gasteiger charge is 2.09. The van der Waals surface area contributed by atoms with E-state index < -0.39 is 0 Å². The highest BCUT2D eigenvalue weighted by atomic mass is 35.5. The van der Waals surface area contributed by atoms with Gasteiger partial charge in [-0.25, -0.2) is 0 Å². The van der Waals surface area contributed by atoms with Gasteiger partial charge < -0.3 is 13.9 Å². The highest BCUT2D eigenvalue weighted by Crippen LogP contribution is 2.32. The zero-order valence-corrected chi connectivity index (χ0v) is 8.88. The fourth-order valence-corrected chi connectivity index (χ4v) is 1.68. The average Bonchev–Trinajstić information content (AvgIpc) is 2.59. The van der Waals surface area contributed by atoms with Gasteiger partial charge >= 0.3 is 0 Å². The van der Waals surface area contributed by atoms with E-state index in [4.69, 9.17) is 20.8 Å². The first-order chi connectivity index (χ1) is 7.24. The van der Waals surface area contributed by atoms with Crippen molar-refractivity contribution < 1.29 is 13.9 Å². The number of halogens is 1. The SMILES string of the molecule is COc1cc(Cl)cc2oc(CC=O)cc12. The molecular formula is C11H9ClO3. The first-order valence-electron chi connectivity index (χ1n) is 4.44. The van der Waals surface area contributed by atoms with E-state index in [1.165, 1.54) is 0 Å². The van der Waals surface area contributed by atoms with Gasteiger partial charge in [0.15, 0.2) is 0 Å². The summed E-state index contributed by atoms with van der Waals surface area (Å²) in [6.07, 6.45) is 1.06. The number of hydrogen-bond acceptors (Lipinski definition) is 3. The predicted molar refractivity (Wildman–Crippen MR) is 57.5 cm³/mol. The Labute approximate surface area is 91.6 Å². The number of aldehydes is 1. The smallest absolute Gasteiger partial charge is 0.139 e. The second-order valence-corrected chi connectivity index (χ2v) is 3.54. The lowest BCUT2D eigenvalue weighted by Gasteiger charge is -2.00. The van der Waals surface area contributed by atoms with Gasteiger partial charge in [0.05, 0.1) is 18.9 Å². The second-order valence-electron chi connectivity index (χ2n) is 3.10. The fourth-order valence-electron chi connectivity index (χ4n) is 1.48. The molecule has 0 bridgehead atoms. The van der Waals surface area contributed by atoms with Crippen molar-refractivity contribution in [3.8, 4) is 5.75 Å². The molecule has 78 valence electrons. The molecule has 0 atom stereocenters. The number of carbonyl (C=O) groups is 1. The van der Waals surface area contributed by atoms with E-state index >= 15 is 0 Å². The van der Waals surface area contributed by atoms with Crippen LogP contribution in [0.3, 0.4) is 0 Å². The third-order valence-electron chi connectivity index (χ3n) is 2.12. The summed E-state index contributed by atoms with van der Waals surface area (Å²) < 4.78 is 10.6. The van der Waals surface area contributed by atoms with Gasteiger partial charge in [-0.05, 0) is 12.1 Å². The Morgan fingerprint density at radius 3 is 2.93 bits per heavy atom. The molecular weight excluding hydrogens is 216 g/mol. The Kier molecular flexibility index (Phi) is 2.64. The maximum Gasteiger partial charge on any atom is 0.139 e. The third-order valence-corrected chi connectivity index (χ3v) is 2.34. The topological polar surface area (TPSA) is 39.4 Å². The number of carbonyl (C=O) groups excluding carboxylic acids is 1. The molecule has 15 heavy (non-hydrogen) atoms. The summed E-state index contributed by atoms with van der Waals surface area (Å²) in [6.45, 7) is 0. The van der Waals surface area contributed by atoms with Crippen molar-refractivity contribution in [3.63, 3.8) is 0 Å². The van der Waals surface area contributed by atoms with Crippen LogP contribution >= 0.6 is 11.6 Å². The number of furan rings is 1. The van der Waals surface area contributed by atoms with E-state index in [2.05, 4.69) is 0 Å². The van der Waals surface area contributed by atoms with Gasteiger partial charge in [-0.15, -0.1) is 0 Å². The van der Waals surface area contributed by atoms with Crippen LogP contribution in [0.1, 0.15) is 5.76 Å². The molecule has 0 N–H and O–H groups in total. The summed E-state index contributed by atoms with van der Waals surface area (Å²) in [5.74, 6) is 1.26. The highest BCUT2D eigenvalue weighted by molar-refractivity contribution is 6.31. The van der Waals surface area contributed by atoms with Crippen molar-refractivity contribution in [2.45, 2.75) is 6.42 Å². The fraction of sp³-hybridized carbons (Fsp3) is 0.182. The first kappa shape index (κ1) is 10.1. The Hall–Kier alpha value is -1.48. The number of methoxy groups -OCH3 is 1. The molecule has 0 unspecified atom stereocenters. The lowest BCUT2D eigenvalue weighted by molar-refractivity contribution is -0.107. The van der Waals surface area contributed by atoms with Crippen molar-refractivity contribution in [2.24, 2.45) is 0 Å². The number of benzene rings is 1. The lowest BCUT2D eigenvalue weighted by atomic mass is 10.2. The van der Waals surface area contributed by atoms with Crippen LogP contribution in [0.15, 0.2) is 22.6 Å². The van der Waals surface area contributed by atoms with Gasteiger partial charge in [0.2, 0.25) is 0 Å². The van der Waals surface area contributed by atoms with Crippen molar-refractivity contribution in [2.75, 3.05) is 7.11 Å². The summed E-state index contributed by atoms with van der Waals surface area (Å²) >= 11 is 5.88. The van der Waals surface area contributed by atoms with Gasteiger partial charge in [-0.1, -0.05) is 11.6 Å². The van der Waals surface area contributed by atoms with Crippen molar-refractivity contribution >= 4 is 28.9 Å². The summed E-state index contributed by atoms with van der Waals surface area (Å²) in [6, 6.07) is 5.21. The van der Waals surface area contributed by atoms with E-state index in [0.29, 0.717) is 22.1 Å². The molecule has 4 heteroatoms. The quantitative estimate of drug-likeness (QED) is 0.753. The minimum absolute atomic E-state index is 0.259. The second kappa shape index (κ2) is 3.95. The number of fused-ring (bicyclic) bond motifs is 1. The van der Waals surface area contributed by atoms with Crippen molar-refractivity contribution in [3.05, 3.63) is 29.0 Å². The largest absolute Gasteiger partial charge is 0.496 e. The standard InChI is InChI=1S/C11H9ClO3/c1-14-10-4-7(12)5-11-9(10)6-8(15-11)2-3-13/h3-6H,2H2,1H3. The average molecular weight is 225 g/mol. The van der Waals surface area contributed by atoms with Gasteiger partial charge in [-0.3, -0.25) is 0 Å². The van der Waals surface area contributed by atoms with Gasteiger partial charge in [0.1, 0.15) is 23.4 Å². The molecule has 1 aromatic carbocycles. The molecule has 3 nitrogen and oxygen atoms in total. The molecule has 0 spiro atoms. The van der Waals surface area contributed by atoms with Crippen molar-refractivity contribution in [1.29, 1.82) is 0 Å². The maximum absolute atomic E-state index is 10.4. The first-order valence-corrected chi connectivity index (χ1v) is 4.82. The van der Waals surface area contributed by atoms with Gasteiger partial charge in [-0.2, -0.15) is 0 Å². The van der Waals surface area contributed by atoms with E-state index in [1.807, 2.05) is 0 Å². The van der Waals surface area contributed by atoms with Crippen LogP contribution in [0.2, 0.25) is 5.02 Å². The normalized spacial score (nSPS) is 10.5. The summed E-state index contributed by atoms with van der Waals surface area (Å²) in [5.41, 5.74) is 0.635. The maximum atomic E-state index is 10.4. The van der Waals surface area contributed by atoms with E-state index in [-0.39, 0.29) is 6.42 Å². The van der Waals surface area contributed by atoms with Crippen LogP contribution in [-0.4, -0.2) is 13.4 Å². The predicted octanol–water partition coefficient (Wildman–Crippen LogP) is 2.84. The minimum Gasteiger partial charge on any atom is -0.496 e. The van der Waals surface area contributed by atoms with Crippen molar-refractivity contribution in [1.82, 2.24) is 0 Å². The molecule has 0 aliphatic rings. The van der Waals surface area contributed by atoms with E-state index in [0.717, 1.165) is 11.7 Å². The molecule has 0 aliphatic carbocycles. The molecule has 0 saturated heterocycles. The Bertz CT molecular complexity index is 502. The summed E-state index contributed by atoms with van der Waals surface area (Å²) in [5, 5.41) is 1.38. The van der Waals surface area contributed by atoms with Crippen LogP contribution in [0.25, 0.3) is 11.0 Å². The molecule has 0 radical (unpaired) electrons. The molecule has 0 fully saturated rings.